The molecular weight excluding hydrogens is 805 g/mol. The minimum atomic E-state index is 0.508. The van der Waals surface area contributed by atoms with Gasteiger partial charge in [-0.15, -0.1) is 11.3 Å². The summed E-state index contributed by atoms with van der Waals surface area (Å²) >= 11 is 1.85. The van der Waals surface area contributed by atoms with Gasteiger partial charge in [0.2, 0.25) is 0 Å². The molecule has 7 heteroatoms. The second-order valence-corrected chi connectivity index (χ2v) is 17.3. The highest BCUT2D eigenvalue weighted by molar-refractivity contribution is 7.26. The first-order chi connectivity index (χ1) is 31.7. The number of hydrogen-bond donors (Lipinski definition) is 0. The van der Waals surface area contributed by atoms with Crippen LogP contribution in [0.25, 0.3) is 137 Å². The summed E-state index contributed by atoms with van der Waals surface area (Å²) in [4.78, 5) is 16.0. The van der Waals surface area contributed by atoms with Crippen molar-refractivity contribution in [1.82, 2.24) is 19.5 Å². The highest BCUT2D eigenvalue weighted by Gasteiger charge is 2.23. The van der Waals surface area contributed by atoms with E-state index in [1.807, 2.05) is 72.0 Å². The van der Waals surface area contributed by atoms with Gasteiger partial charge < -0.3 is 13.4 Å². The van der Waals surface area contributed by atoms with Crippen LogP contribution < -0.4 is 0 Å². The number of fused-ring (bicyclic) bond motifs is 13. The van der Waals surface area contributed by atoms with Crippen LogP contribution in [0, 0.1) is 0 Å². The molecule has 0 aliphatic carbocycles. The Hall–Kier alpha value is -8.39. The first kappa shape index (κ1) is 35.2. The van der Waals surface area contributed by atoms with E-state index in [-0.39, 0.29) is 0 Å². The van der Waals surface area contributed by atoms with E-state index in [0.717, 1.165) is 82.9 Å². The maximum atomic E-state index is 6.60. The van der Waals surface area contributed by atoms with Gasteiger partial charge in [0.15, 0.2) is 17.5 Å². The van der Waals surface area contributed by atoms with Crippen LogP contribution in [0.2, 0.25) is 0 Å². The molecule has 0 amide bonds. The molecular formula is C57H32N4O2S. The lowest BCUT2D eigenvalue weighted by Crippen LogP contribution is -2.02. The first-order valence-electron chi connectivity index (χ1n) is 21.3. The fraction of sp³-hybridized carbons (Fsp3) is 0. The van der Waals surface area contributed by atoms with Gasteiger partial charge in [-0.2, -0.15) is 0 Å². The zero-order chi connectivity index (χ0) is 41.9. The normalized spacial score (nSPS) is 12.1. The summed E-state index contributed by atoms with van der Waals surface area (Å²) in [6.07, 6.45) is 0. The van der Waals surface area contributed by atoms with Crippen LogP contribution in [-0.4, -0.2) is 19.5 Å². The molecule has 0 spiro atoms. The predicted molar refractivity (Wildman–Crippen MR) is 263 cm³/mol. The lowest BCUT2D eigenvalue weighted by atomic mass is 10.0. The summed E-state index contributed by atoms with van der Waals surface area (Å²) < 4.78 is 18.2. The monoisotopic (exact) mass is 836 g/mol. The third-order valence-electron chi connectivity index (χ3n) is 12.6. The highest BCUT2D eigenvalue weighted by atomic mass is 32.1. The van der Waals surface area contributed by atoms with Gasteiger partial charge in [-0.1, -0.05) is 140 Å². The molecule has 64 heavy (non-hydrogen) atoms. The van der Waals surface area contributed by atoms with E-state index in [1.54, 1.807) is 0 Å². The summed E-state index contributed by atoms with van der Waals surface area (Å²) in [5, 5.41) is 9.02. The van der Waals surface area contributed by atoms with Crippen LogP contribution in [0.15, 0.2) is 203 Å². The van der Waals surface area contributed by atoms with Crippen LogP contribution in [0.4, 0.5) is 0 Å². The van der Waals surface area contributed by atoms with Crippen molar-refractivity contribution in [3.8, 4) is 51.0 Å². The molecule has 0 aliphatic heterocycles. The zero-order valence-electron chi connectivity index (χ0n) is 34.0. The second-order valence-electron chi connectivity index (χ2n) is 16.3. The van der Waals surface area contributed by atoms with Crippen LogP contribution in [0.3, 0.4) is 0 Å². The standard InChI is InChI=1S/C57H32N4O2S/c1-2-14-33(15-3-1)34-30-35(32-36(31-34)61-47-24-8-4-16-37(47)41-28-29-44-40-19-7-11-27-50(40)64-54(44)51(41)61)55-58-56(45-22-12-20-42-38-17-5-9-25-48(38)62-52(42)45)60-57(59-55)46-23-13-21-43-39-18-6-10-26-49(39)63-53(43)46/h1-32H. The van der Waals surface area contributed by atoms with Gasteiger partial charge >= 0.3 is 0 Å². The van der Waals surface area contributed by atoms with Crippen molar-refractivity contribution in [1.29, 1.82) is 0 Å². The lowest BCUT2D eigenvalue weighted by Gasteiger charge is -2.15. The fourth-order valence-corrected chi connectivity index (χ4v) is 11.0. The Morgan fingerprint density at radius 3 is 1.62 bits per heavy atom. The van der Waals surface area contributed by atoms with Gasteiger partial charge in [0, 0.05) is 59.0 Å². The van der Waals surface area contributed by atoms with Crippen molar-refractivity contribution in [2.75, 3.05) is 0 Å². The lowest BCUT2D eigenvalue weighted by molar-refractivity contribution is 0.669. The molecule has 14 aromatic rings. The predicted octanol–water partition coefficient (Wildman–Crippen LogP) is 15.8. The maximum Gasteiger partial charge on any atom is 0.167 e. The van der Waals surface area contributed by atoms with E-state index in [0.29, 0.717) is 17.5 Å². The molecule has 0 fully saturated rings. The van der Waals surface area contributed by atoms with Crippen LogP contribution in [0.1, 0.15) is 0 Å². The van der Waals surface area contributed by atoms with E-state index in [2.05, 4.69) is 138 Å². The Bertz CT molecular complexity index is 4080. The van der Waals surface area contributed by atoms with Crippen molar-refractivity contribution in [3.05, 3.63) is 194 Å². The number of benzene rings is 9. The second kappa shape index (κ2) is 13.6. The smallest absolute Gasteiger partial charge is 0.167 e. The number of rotatable bonds is 5. The topological polar surface area (TPSA) is 69.9 Å². The number of furan rings is 2. The van der Waals surface area contributed by atoms with Crippen molar-refractivity contribution in [2.45, 2.75) is 0 Å². The molecule has 0 saturated carbocycles. The van der Waals surface area contributed by atoms with Crippen LogP contribution >= 0.6 is 11.3 Å². The van der Waals surface area contributed by atoms with Crippen molar-refractivity contribution in [3.63, 3.8) is 0 Å². The average molecular weight is 837 g/mol. The van der Waals surface area contributed by atoms with E-state index in [1.165, 1.54) is 36.5 Å². The molecule has 0 unspecified atom stereocenters. The summed E-state index contributed by atoms with van der Waals surface area (Å²) in [6, 6.07) is 67.9. The third kappa shape index (κ3) is 5.22. The Morgan fingerprint density at radius 1 is 0.375 bits per heavy atom. The van der Waals surface area contributed by atoms with Gasteiger partial charge in [-0.25, -0.2) is 15.0 Å². The number of thiophene rings is 1. The SMILES string of the molecule is c1ccc(-c2cc(-c3nc(-c4cccc5c4oc4ccccc45)nc(-c4cccc5c4oc4ccccc45)n3)cc(-n3c4ccccc4c4ccc5c6ccccc6sc5c43)c2)cc1. The van der Waals surface area contributed by atoms with Crippen LogP contribution in [0.5, 0.6) is 0 Å². The summed E-state index contributed by atoms with van der Waals surface area (Å²) in [5.41, 5.74) is 10.9. The van der Waals surface area contributed by atoms with Gasteiger partial charge in [0.05, 0.1) is 26.9 Å². The Morgan fingerprint density at radius 2 is 0.922 bits per heavy atom. The molecule has 0 N–H and O–H groups in total. The summed E-state index contributed by atoms with van der Waals surface area (Å²) in [6.45, 7) is 0. The minimum Gasteiger partial charge on any atom is -0.455 e. The van der Waals surface area contributed by atoms with Crippen molar-refractivity contribution in [2.24, 2.45) is 0 Å². The molecule has 0 bridgehead atoms. The average Bonchev–Trinajstić information content (AvgIpc) is 4.13. The van der Waals surface area contributed by atoms with Gasteiger partial charge in [-0.3, -0.25) is 0 Å². The molecule has 0 saturated heterocycles. The maximum absolute atomic E-state index is 6.60. The minimum absolute atomic E-state index is 0.508. The number of para-hydroxylation sites is 5. The number of nitrogens with zero attached hydrogens (tertiary/aromatic N) is 4. The number of hydrogen-bond acceptors (Lipinski definition) is 6. The molecule has 5 aromatic heterocycles. The highest BCUT2D eigenvalue weighted by Crippen LogP contribution is 2.45. The van der Waals surface area contributed by atoms with E-state index >= 15 is 0 Å². The van der Waals surface area contributed by atoms with Crippen LogP contribution in [-0.2, 0) is 0 Å². The van der Waals surface area contributed by atoms with Gasteiger partial charge in [-0.05, 0) is 65.7 Å². The largest absolute Gasteiger partial charge is 0.455 e. The number of aromatic nitrogens is 4. The molecule has 5 heterocycles. The Kier molecular flexibility index (Phi) is 7.46. The van der Waals surface area contributed by atoms with E-state index in [9.17, 15) is 0 Å². The van der Waals surface area contributed by atoms with Gasteiger partial charge in [0.25, 0.3) is 0 Å². The molecule has 6 nitrogen and oxygen atoms in total. The summed E-state index contributed by atoms with van der Waals surface area (Å²) in [7, 11) is 0. The zero-order valence-corrected chi connectivity index (χ0v) is 34.8. The molecule has 298 valence electrons. The molecule has 14 rings (SSSR count). The fourth-order valence-electron chi connectivity index (χ4n) is 9.76. The van der Waals surface area contributed by atoms with Gasteiger partial charge in [0.1, 0.15) is 22.3 Å². The molecule has 9 aromatic carbocycles. The Balaban J connectivity index is 1.08. The molecule has 0 aliphatic rings. The third-order valence-corrected chi connectivity index (χ3v) is 13.8. The summed E-state index contributed by atoms with van der Waals surface area (Å²) in [5.74, 6) is 1.55. The van der Waals surface area contributed by atoms with Crippen molar-refractivity contribution >= 4 is 97.2 Å². The quantitative estimate of drug-likeness (QED) is 0.173. The van der Waals surface area contributed by atoms with E-state index < -0.39 is 0 Å². The first-order valence-corrected chi connectivity index (χ1v) is 22.2. The van der Waals surface area contributed by atoms with E-state index in [4.69, 9.17) is 23.8 Å². The molecule has 0 atom stereocenters. The van der Waals surface area contributed by atoms with Crippen molar-refractivity contribution < 1.29 is 8.83 Å². The molecule has 0 radical (unpaired) electrons. The Labute approximate surface area is 368 Å².